The summed E-state index contributed by atoms with van der Waals surface area (Å²) in [6.07, 6.45) is 8.73. The molecule has 2 aromatic carbocycles. The van der Waals surface area contributed by atoms with Crippen molar-refractivity contribution in [1.29, 1.82) is 0 Å². The second-order valence-electron chi connectivity index (χ2n) is 8.88. The van der Waals surface area contributed by atoms with Crippen molar-refractivity contribution in [2.45, 2.75) is 31.3 Å². The van der Waals surface area contributed by atoms with Crippen molar-refractivity contribution in [3.8, 4) is 0 Å². The molecule has 2 atom stereocenters. The van der Waals surface area contributed by atoms with Crippen LogP contribution in [-0.4, -0.2) is 46.7 Å². The zero-order valence-corrected chi connectivity index (χ0v) is 21.8. The van der Waals surface area contributed by atoms with E-state index >= 15 is 0 Å². The third kappa shape index (κ3) is 7.50. The number of rotatable bonds is 9. The molecule has 0 spiro atoms. The standard InChI is InChI=1S/C29H31N5O3.ClH/c30-15-14-27(35)32-24-12-6-10-22(19-24)28(36)33-25(18-21-8-2-1-3-9-21)29(37)34-17-5-4-13-26(34)23-11-7-16-31-20-23;/h1-12,16,19-20,25-26H,13-15,17-18,30H2,(H,32,35)(H,33,36);1H/t25-,26?;/m0./s1. The number of halogens is 1. The minimum absolute atomic E-state index is 0. The van der Waals surface area contributed by atoms with Crippen LogP contribution in [0.5, 0.6) is 0 Å². The van der Waals surface area contributed by atoms with E-state index < -0.39 is 11.9 Å². The maximum atomic E-state index is 13.9. The van der Waals surface area contributed by atoms with E-state index in [4.69, 9.17) is 5.73 Å². The van der Waals surface area contributed by atoms with Crippen molar-refractivity contribution in [2.24, 2.45) is 5.73 Å². The molecule has 0 bridgehead atoms. The minimum atomic E-state index is -0.781. The van der Waals surface area contributed by atoms with E-state index in [-0.39, 0.29) is 43.2 Å². The SMILES string of the molecule is Cl.NCCC(=O)Nc1cccc(C(=O)N[C@@H](Cc2ccccc2)C(=O)N2CC=CCC2c2cccnc2)c1. The molecule has 1 unspecified atom stereocenters. The van der Waals surface area contributed by atoms with Gasteiger partial charge in [-0.1, -0.05) is 54.6 Å². The summed E-state index contributed by atoms with van der Waals surface area (Å²) in [6, 6.07) is 19.1. The average molecular weight is 534 g/mol. The third-order valence-electron chi connectivity index (χ3n) is 6.22. The highest BCUT2D eigenvalue weighted by Gasteiger charge is 2.32. The van der Waals surface area contributed by atoms with Crippen LogP contribution in [0.3, 0.4) is 0 Å². The Morgan fingerprint density at radius 3 is 2.58 bits per heavy atom. The Morgan fingerprint density at radius 2 is 1.84 bits per heavy atom. The predicted molar refractivity (Wildman–Crippen MR) is 150 cm³/mol. The van der Waals surface area contributed by atoms with Crippen molar-refractivity contribution in [1.82, 2.24) is 15.2 Å². The van der Waals surface area contributed by atoms with Gasteiger partial charge in [-0.15, -0.1) is 12.4 Å². The molecule has 2 heterocycles. The lowest BCUT2D eigenvalue weighted by molar-refractivity contribution is -0.135. The molecule has 0 saturated heterocycles. The molecule has 3 aromatic rings. The number of carbonyl (C=O) groups excluding carboxylic acids is 3. The Bertz CT molecular complexity index is 1250. The van der Waals surface area contributed by atoms with Gasteiger partial charge in [0, 0.05) is 49.6 Å². The second-order valence-corrected chi connectivity index (χ2v) is 8.88. The molecule has 198 valence electrons. The number of benzene rings is 2. The van der Waals surface area contributed by atoms with Crippen molar-refractivity contribution in [3.05, 3.63) is 108 Å². The fraction of sp³-hybridized carbons (Fsp3) is 0.241. The number of carbonyl (C=O) groups is 3. The number of amides is 3. The first-order chi connectivity index (χ1) is 18.0. The topological polar surface area (TPSA) is 117 Å². The summed E-state index contributed by atoms with van der Waals surface area (Å²) in [5, 5.41) is 5.70. The monoisotopic (exact) mass is 533 g/mol. The van der Waals surface area contributed by atoms with Crippen molar-refractivity contribution in [3.63, 3.8) is 0 Å². The largest absolute Gasteiger partial charge is 0.340 e. The summed E-state index contributed by atoms with van der Waals surface area (Å²) < 4.78 is 0. The summed E-state index contributed by atoms with van der Waals surface area (Å²) in [7, 11) is 0. The number of nitrogens with one attached hydrogen (secondary N) is 2. The second kappa shape index (κ2) is 14.1. The van der Waals surface area contributed by atoms with Gasteiger partial charge in [0.15, 0.2) is 0 Å². The van der Waals surface area contributed by atoms with Crippen LogP contribution >= 0.6 is 12.4 Å². The highest BCUT2D eigenvalue weighted by Crippen LogP contribution is 2.28. The molecule has 38 heavy (non-hydrogen) atoms. The van der Waals surface area contributed by atoms with Gasteiger partial charge in [0.2, 0.25) is 11.8 Å². The fourth-order valence-electron chi connectivity index (χ4n) is 4.38. The van der Waals surface area contributed by atoms with Crippen LogP contribution in [0.15, 0.2) is 91.3 Å². The van der Waals surface area contributed by atoms with Gasteiger partial charge in [-0.3, -0.25) is 19.4 Å². The lowest BCUT2D eigenvalue weighted by Crippen LogP contribution is -2.51. The van der Waals surface area contributed by atoms with Gasteiger partial charge in [-0.2, -0.15) is 0 Å². The average Bonchev–Trinajstić information content (AvgIpc) is 2.93. The van der Waals surface area contributed by atoms with Gasteiger partial charge in [0.05, 0.1) is 6.04 Å². The Balaban J connectivity index is 0.00000400. The number of aromatic nitrogens is 1. The van der Waals surface area contributed by atoms with Gasteiger partial charge in [-0.25, -0.2) is 0 Å². The van der Waals surface area contributed by atoms with E-state index in [1.165, 1.54) is 0 Å². The maximum Gasteiger partial charge on any atom is 0.252 e. The summed E-state index contributed by atoms with van der Waals surface area (Å²) in [4.78, 5) is 45.2. The van der Waals surface area contributed by atoms with Crippen molar-refractivity contribution in [2.75, 3.05) is 18.4 Å². The molecule has 1 aliphatic heterocycles. The number of nitrogens with two attached hydrogens (primary N) is 1. The summed E-state index contributed by atoms with van der Waals surface area (Å²) in [5.41, 5.74) is 8.18. The molecule has 8 nitrogen and oxygen atoms in total. The highest BCUT2D eigenvalue weighted by atomic mass is 35.5. The Hall–Kier alpha value is -4.01. The van der Waals surface area contributed by atoms with Crippen LogP contribution in [0.1, 0.15) is 40.4 Å². The number of hydrogen-bond acceptors (Lipinski definition) is 5. The zero-order valence-electron chi connectivity index (χ0n) is 21.0. The van der Waals surface area contributed by atoms with Crippen LogP contribution in [0.25, 0.3) is 0 Å². The molecule has 0 radical (unpaired) electrons. The molecule has 1 aliphatic rings. The molecule has 0 aliphatic carbocycles. The van der Waals surface area contributed by atoms with E-state index in [1.54, 1.807) is 41.6 Å². The fourth-order valence-corrected chi connectivity index (χ4v) is 4.38. The molecule has 4 N–H and O–H groups in total. The Kier molecular flexibility index (Phi) is 10.6. The summed E-state index contributed by atoms with van der Waals surface area (Å²) in [5.74, 6) is -0.783. The van der Waals surface area contributed by atoms with Crippen molar-refractivity contribution >= 4 is 35.8 Å². The minimum Gasteiger partial charge on any atom is -0.340 e. The van der Waals surface area contributed by atoms with Crippen LogP contribution in [-0.2, 0) is 16.0 Å². The van der Waals surface area contributed by atoms with Gasteiger partial charge < -0.3 is 21.3 Å². The van der Waals surface area contributed by atoms with Crippen LogP contribution < -0.4 is 16.4 Å². The molecule has 0 fully saturated rings. The first-order valence-corrected chi connectivity index (χ1v) is 12.4. The van der Waals surface area contributed by atoms with Gasteiger partial charge in [-0.05, 0) is 41.8 Å². The predicted octanol–water partition coefficient (Wildman–Crippen LogP) is 3.66. The summed E-state index contributed by atoms with van der Waals surface area (Å²) in [6.45, 7) is 0.684. The van der Waals surface area contributed by atoms with Crippen LogP contribution in [0.2, 0.25) is 0 Å². The van der Waals surface area contributed by atoms with E-state index in [1.807, 2.05) is 48.5 Å². The van der Waals surface area contributed by atoms with Gasteiger partial charge in [0.25, 0.3) is 5.91 Å². The smallest absolute Gasteiger partial charge is 0.252 e. The number of hydrogen-bond donors (Lipinski definition) is 3. The first-order valence-electron chi connectivity index (χ1n) is 12.4. The summed E-state index contributed by atoms with van der Waals surface area (Å²) >= 11 is 0. The zero-order chi connectivity index (χ0) is 26.0. The van der Waals surface area contributed by atoms with Gasteiger partial charge >= 0.3 is 0 Å². The lowest BCUT2D eigenvalue weighted by atomic mass is 9.97. The highest BCUT2D eigenvalue weighted by molar-refractivity contribution is 5.99. The quantitative estimate of drug-likeness (QED) is 0.363. The number of pyridine rings is 1. The lowest BCUT2D eigenvalue weighted by Gasteiger charge is -2.36. The van der Waals surface area contributed by atoms with Gasteiger partial charge in [0.1, 0.15) is 6.04 Å². The molecule has 3 amide bonds. The number of nitrogens with zero attached hydrogens (tertiary/aromatic N) is 2. The van der Waals surface area contributed by atoms with Crippen LogP contribution in [0.4, 0.5) is 5.69 Å². The normalized spacial score (nSPS) is 15.2. The molecule has 4 rings (SSSR count). The Labute approximate surface area is 228 Å². The third-order valence-corrected chi connectivity index (χ3v) is 6.22. The maximum absolute atomic E-state index is 13.9. The van der Waals surface area contributed by atoms with E-state index in [2.05, 4.69) is 21.7 Å². The first kappa shape index (κ1) is 28.6. The molecule has 9 heteroatoms. The number of anilines is 1. The molecular formula is C29H32ClN5O3. The van der Waals surface area contributed by atoms with Crippen LogP contribution in [0, 0.1) is 0 Å². The van der Waals surface area contributed by atoms with E-state index in [9.17, 15) is 14.4 Å². The van der Waals surface area contributed by atoms with E-state index in [0.717, 1.165) is 11.1 Å². The van der Waals surface area contributed by atoms with Crippen molar-refractivity contribution < 1.29 is 14.4 Å². The van der Waals surface area contributed by atoms with E-state index in [0.29, 0.717) is 30.6 Å². The molecular weight excluding hydrogens is 502 g/mol. The Morgan fingerprint density at radius 1 is 1.03 bits per heavy atom. The molecule has 1 aromatic heterocycles. The molecule has 0 saturated carbocycles.